The minimum absolute atomic E-state index is 0.0218. The van der Waals surface area contributed by atoms with Crippen molar-refractivity contribution in [3.63, 3.8) is 0 Å². The Balaban J connectivity index is 1.69. The van der Waals surface area contributed by atoms with Crippen molar-refractivity contribution in [3.8, 4) is 5.75 Å². The molecule has 0 radical (unpaired) electrons. The first-order valence-corrected chi connectivity index (χ1v) is 7.32. The first-order chi connectivity index (χ1) is 9.74. The predicted molar refractivity (Wildman–Crippen MR) is 76.1 cm³/mol. The molecule has 0 N–H and O–H groups in total. The summed E-state index contributed by atoms with van der Waals surface area (Å²) in [6.45, 7) is 0.682. The molecular formula is C15H13NO3S. The number of aromatic nitrogens is 1. The Kier molecular flexibility index (Phi) is 3.60. The molecule has 0 spiro atoms. The molecule has 4 nitrogen and oxygen atoms in total. The van der Waals surface area contributed by atoms with E-state index < -0.39 is 0 Å². The van der Waals surface area contributed by atoms with Crippen LogP contribution in [0.5, 0.6) is 5.75 Å². The number of pyridine rings is 1. The number of nitrogens with zero attached hydrogens (tertiary/aromatic N) is 1. The van der Waals surface area contributed by atoms with Crippen LogP contribution in [0.1, 0.15) is 15.9 Å². The Hall–Kier alpha value is -2.01. The molecule has 1 aromatic carbocycles. The van der Waals surface area contributed by atoms with Gasteiger partial charge in [-0.3, -0.25) is 4.79 Å². The summed E-state index contributed by atoms with van der Waals surface area (Å²) in [5.41, 5.74) is 1.76. The molecule has 1 aliphatic heterocycles. The zero-order valence-corrected chi connectivity index (χ0v) is 11.6. The molecule has 0 saturated heterocycles. The van der Waals surface area contributed by atoms with Gasteiger partial charge in [-0.15, -0.1) is 0 Å². The van der Waals surface area contributed by atoms with E-state index in [1.165, 1.54) is 18.0 Å². The van der Waals surface area contributed by atoms with Gasteiger partial charge in [0.25, 0.3) is 5.03 Å². The molecule has 20 heavy (non-hydrogen) atoms. The van der Waals surface area contributed by atoms with Gasteiger partial charge in [0, 0.05) is 24.1 Å². The molecular weight excluding hydrogens is 274 g/mol. The van der Waals surface area contributed by atoms with Gasteiger partial charge in [0.2, 0.25) is 0 Å². The van der Waals surface area contributed by atoms with Gasteiger partial charge in [-0.05, 0) is 41.6 Å². The van der Waals surface area contributed by atoms with E-state index in [-0.39, 0.29) is 11.5 Å². The summed E-state index contributed by atoms with van der Waals surface area (Å²) in [6, 6.07) is 10.7. The maximum Gasteiger partial charge on any atom is 0.251 e. The van der Waals surface area contributed by atoms with Crippen molar-refractivity contribution in [3.05, 3.63) is 58.9 Å². The lowest BCUT2D eigenvalue weighted by Crippen LogP contribution is -2.28. The Morgan fingerprint density at radius 3 is 3.10 bits per heavy atom. The smallest absolute Gasteiger partial charge is 0.251 e. The molecule has 0 fully saturated rings. The van der Waals surface area contributed by atoms with Crippen LogP contribution >= 0.6 is 11.8 Å². The number of hydrogen-bond donors (Lipinski definition) is 0. The fraction of sp³-hybridized carbons (Fsp3) is 0.200. The quantitative estimate of drug-likeness (QED) is 0.374. The summed E-state index contributed by atoms with van der Waals surface area (Å²) < 4.78 is 6.19. The molecule has 0 aliphatic carbocycles. The largest absolute Gasteiger partial charge is 0.618 e. The molecule has 1 aromatic heterocycles. The van der Waals surface area contributed by atoms with E-state index in [2.05, 4.69) is 0 Å². The highest BCUT2D eigenvalue weighted by Gasteiger charge is 2.16. The second-order valence-corrected chi connectivity index (χ2v) is 5.49. The van der Waals surface area contributed by atoms with Gasteiger partial charge in [0.15, 0.2) is 12.0 Å². The van der Waals surface area contributed by atoms with Gasteiger partial charge in [-0.25, -0.2) is 0 Å². The summed E-state index contributed by atoms with van der Waals surface area (Å²) in [5.74, 6) is 1.15. The van der Waals surface area contributed by atoms with E-state index in [4.69, 9.17) is 4.74 Å². The Morgan fingerprint density at radius 2 is 2.25 bits per heavy atom. The maximum atomic E-state index is 12.2. The minimum Gasteiger partial charge on any atom is -0.618 e. The highest BCUT2D eigenvalue weighted by atomic mass is 32.2. The summed E-state index contributed by atoms with van der Waals surface area (Å²) in [4.78, 5) is 12.2. The van der Waals surface area contributed by atoms with Crippen LogP contribution in [0, 0.1) is 5.21 Å². The lowest BCUT2D eigenvalue weighted by Gasteiger charge is -2.04. The molecule has 0 unspecified atom stereocenters. The fourth-order valence-corrected chi connectivity index (χ4v) is 2.92. The lowest BCUT2D eigenvalue weighted by atomic mass is 10.1. The Labute approximate surface area is 121 Å². The number of Topliss-reactive ketones (excluding diaryl/α,β-unsaturated/α-hetero) is 1. The molecule has 0 bridgehead atoms. The average molecular weight is 287 g/mol. The zero-order chi connectivity index (χ0) is 13.9. The number of fused-ring (bicyclic) bond motifs is 1. The number of carbonyl (C=O) groups is 1. The standard InChI is InChI=1S/C15H13NO3S/c17-13(10-20-15-3-1-2-7-16(15)18)11-4-5-14-12(9-11)6-8-19-14/h1-5,7,9H,6,8,10H2. The molecule has 0 saturated carbocycles. The number of carbonyl (C=O) groups excluding carboxylic acids is 1. The number of benzene rings is 1. The molecule has 102 valence electrons. The molecule has 1 aliphatic rings. The third-order valence-corrected chi connectivity index (χ3v) is 4.17. The topological polar surface area (TPSA) is 53.2 Å². The first-order valence-electron chi connectivity index (χ1n) is 6.34. The van der Waals surface area contributed by atoms with Crippen molar-refractivity contribution in [2.24, 2.45) is 0 Å². The average Bonchev–Trinajstić information content (AvgIpc) is 2.93. The highest BCUT2D eigenvalue weighted by molar-refractivity contribution is 7.99. The van der Waals surface area contributed by atoms with E-state index in [0.29, 0.717) is 17.2 Å². The van der Waals surface area contributed by atoms with Crippen molar-refractivity contribution in [1.29, 1.82) is 0 Å². The summed E-state index contributed by atoms with van der Waals surface area (Å²) in [5, 5.41) is 12.0. The number of hydrogen-bond acceptors (Lipinski definition) is 4. The predicted octanol–water partition coefficient (Wildman–Crippen LogP) is 2.23. The van der Waals surface area contributed by atoms with E-state index in [1.807, 2.05) is 12.1 Å². The third kappa shape index (κ3) is 2.63. The number of thioether (sulfide) groups is 1. The number of rotatable bonds is 4. The molecule has 2 heterocycles. The molecule has 2 aromatic rings. The van der Waals surface area contributed by atoms with Crippen LogP contribution in [0.3, 0.4) is 0 Å². The van der Waals surface area contributed by atoms with Gasteiger partial charge in [0.1, 0.15) is 5.75 Å². The minimum atomic E-state index is 0.0218. The molecule has 3 rings (SSSR count). The molecule has 0 atom stereocenters. The molecule has 5 heteroatoms. The van der Waals surface area contributed by atoms with Crippen LogP contribution in [-0.4, -0.2) is 18.1 Å². The van der Waals surface area contributed by atoms with E-state index >= 15 is 0 Å². The zero-order valence-electron chi connectivity index (χ0n) is 10.7. The van der Waals surface area contributed by atoms with Crippen molar-refractivity contribution in [2.75, 3.05) is 12.4 Å². The molecule has 0 amide bonds. The maximum absolute atomic E-state index is 12.2. The normalized spacial score (nSPS) is 12.8. The van der Waals surface area contributed by atoms with Crippen LogP contribution in [0.2, 0.25) is 0 Å². The third-order valence-electron chi connectivity index (χ3n) is 3.15. The Bertz CT molecular complexity index is 657. The van der Waals surface area contributed by atoms with Crippen LogP contribution in [-0.2, 0) is 6.42 Å². The van der Waals surface area contributed by atoms with Crippen molar-refractivity contribution >= 4 is 17.5 Å². The van der Waals surface area contributed by atoms with E-state index in [0.717, 1.165) is 22.5 Å². The number of ether oxygens (including phenoxy) is 1. The van der Waals surface area contributed by atoms with Crippen molar-refractivity contribution < 1.29 is 14.3 Å². The second-order valence-electron chi connectivity index (χ2n) is 4.50. The van der Waals surface area contributed by atoms with Crippen molar-refractivity contribution in [1.82, 2.24) is 0 Å². The van der Waals surface area contributed by atoms with Gasteiger partial charge in [-0.1, -0.05) is 0 Å². The SMILES string of the molecule is O=C(CSc1cccc[n+]1[O-])c1ccc2c(c1)CCO2. The monoisotopic (exact) mass is 287 g/mol. The van der Waals surface area contributed by atoms with Crippen LogP contribution < -0.4 is 9.47 Å². The highest BCUT2D eigenvalue weighted by Crippen LogP contribution is 2.26. The Morgan fingerprint density at radius 1 is 1.35 bits per heavy atom. The lowest BCUT2D eigenvalue weighted by molar-refractivity contribution is -0.645. The van der Waals surface area contributed by atoms with E-state index in [9.17, 15) is 10.0 Å². The summed E-state index contributed by atoms with van der Waals surface area (Å²) >= 11 is 1.25. The van der Waals surface area contributed by atoms with Gasteiger partial charge < -0.3 is 9.94 Å². The number of ketones is 1. The van der Waals surface area contributed by atoms with Gasteiger partial charge in [-0.2, -0.15) is 4.73 Å². The fourth-order valence-electron chi connectivity index (χ4n) is 2.11. The van der Waals surface area contributed by atoms with Crippen LogP contribution in [0.4, 0.5) is 0 Å². The van der Waals surface area contributed by atoms with Crippen LogP contribution in [0.25, 0.3) is 0 Å². The summed E-state index contributed by atoms with van der Waals surface area (Å²) in [7, 11) is 0. The van der Waals surface area contributed by atoms with Crippen LogP contribution in [0.15, 0.2) is 47.6 Å². The first kappa shape index (κ1) is 13.0. The van der Waals surface area contributed by atoms with Gasteiger partial charge >= 0.3 is 0 Å². The summed E-state index contributed by atoms with van der Waals surface area (Å²) in [6.07, 6.45) is 2.28. The van der Waals surface area contributed by atoms with E-state index in [1.54, 1.807) is 24.3 Å². The van der Waals surface area contributed by atoms with Gasteiger partial charge in [0.05, 0.1) is 12.4 Å². The second kappa shape index (κ2) is 5.54. The van der Waals surface area contributed by atoms with Crippen molar-refractivity contribution in [2.45, 2.75) is 11.4 Å².